The van der Waals surface area contributed by atoms with Gasteiger partial charge in [-0.25, -0.2) is 0 Å². The molecule has 0 bridgehead atoms. The van der Waals surface area contributed by atoms with Crippen LogP contribution in [0, 0.1) is 0 Å². The fourth-order valence-electron chi connectivity index (χ4n) is 5.93. The molecule has 6 rings (SSSR count). The minimum atomic E-state index is -4.45. The summed E-state index contributed by atoms with van der Waals surface area (Å²) in [6.45, 7) is 1.73. The van der Waals surface area contributed by atoms with Crippen molar-refractivity contribution in [2.45, 2.75) is 31.5 Å². The second kappa shape index (κ2) is 12.0. The number of halogens is 3. The fraction of sp³-hybridized carbons (Fsp3) is 0.229. The molecule has 1 atom stereocenters. The van der Waals surface area contributed by atoms with Crippen molar-refractivity contribution in [2.24, 2.45) is 0 Å². The number of carbonyl (C=O) groups excluding carboxylic acids is 3. The van der Waals surface area contributed by atoms with E-state index in [0.29, 0.717) is 59.6 Å². The van der Waals surface area contributed by atoms with E-state index in [4.69, 9.17) is 0 Å². The average molecular weight is 598 g/mol. The number of fused-ring (bicyclic) bond motifs is 1. The van der Waals surface area contributed by atoms with Crippen molar-refractivity contribution >= 4 is 23.4 Å². The van der Waals surface area contributed by atoms with Gasteiger partial charge in [-0.3, -0.25) is 14.4 Å². The van der Waals surface area contributed by atoms with E-state index in [1.54, 1.807) is 52.3 Å². The first-order valence-electron chi connectivity index (χ1n) is 14.6. The molecule has 1 N–H and O–H groups in total. The van der Waals surface area contributed by atoms with Crippen molar-refractivity contribution in [3.05, 3.63) is 125 Å². The minimum absolute atomic E-state index is 0.133. The Labute approximate surface area is 253 Å². The highest BCUT2D eigenvalue weighted by atomic mass is 19.4. The molecule has 0 unspecified atom stereocenters. The highest BCUT2D eigenvalue weighted by Crippen LogP contribution is 2.35. The predicted molar refractivity (Wildman–Crippen MR) is 161 cm³/mol. The molecule has 1 saturated heterocycles. The van der Waals surface area contributed by atoms with Gasteiger partial charge in [-0.05, 0) is 77.9 Å². The molecule has 2 aliphatic heterocycles. The molecular weight excluding hydrogens is 567 g/mol. The number of rotatable bonds is 6. The van der Waals surface area contributed by atoms with Gasteiger partial charge in [-0.1, -0.05) is 60.7 Å². The largest absolute Gasteiger partial charge is 0.416 e. The molecule has 4 aromatic carbocycles. The van der Waals surface area contributed by atoms with Crippen molar-refractivity contribution in [2.75, 3.05) is 24.5 Å². The van der Waals surface area contributed by atoms with E-state index in [9.17, 15) is 27.6 Å². The zero-order chi connectivity index (χ0) is 30.8. The number of carbonyl (C=O) groups is 3. The number of anilines is 1. The molecule has 0 aromatic heterocycles. The van der Waals surface area contributed by atoms with Gasteiger partial charge in [-0.2, -0.15) is 13.2 Å². The SMILES string of the molecule is O=C(N[C@H](C(=O)N1CCCC1)c1ccccc1)c1ccc2c(c1)CCN2C(=O)c1ccccc1-c1ccc(C(F)(F)F)cc1. The summed E-state index contributed by atoms with van der Waals surface area (Å²) in [4.78, 5) is 44.0. The summed E-state index contributed by atoms with van der Waals surface area (Å²) in [6.07, 6.45) is -2.04. The summed E-state index contributed by atoms with van der Waals surface area (Å²) >= 11 is 0. The van der Waals surface area contributed by atoms with Crippen LogP contribution in [-0.2, 0) is 17.4 Å². The number of amides is 3. The Balaban J connectivity index is 1.22. The average Bonchev–Trinajstić information content (AvgIpc) is 3.74. The molecule has 224 valence electrons. The van der Waals surface area contributed by atoms with Crippen molar-refractivity contribution < 1.29 is 27.6 Å². The van der Waals surface area contributed by atoms with Gasteiger partial charge in [0, 0.05) is 36.4 Å². The Morgan fingerprint density at radius 1 is 0.773 bits per heavy atom. The zero-order valence-electron chi connectivity index (χ0n) is 23.8. The Morgan fingerprint density at radius 3 is 2.16 bits per heavy atom. The molecule has 2 heterocycles. The maximum atomic E-state index is 13.8. The predicted octanol–water partition coefficient (Wildman–Crippen LogP) is 6.67. The van der Waals surface area contributed by atoms with E-state index in [-0.39, 0.29) is 17.7 Å². The standard InChI is InChI=1S/C35H30F3N3O3/c36-35(37,38)27-15-12-23(13-16-27)28-10-4-5-11-29(28)33(43)41-21-18-25-22-26(14-17-30(25)41)32(42)39-31(24-8-2-1-3-9-24)34(44)40-19-6-7-20-40/h1-5,8-17,22,31H,6-7,18-21H2,(H,39,42)/t31-/m0/s1. The van der Waals surface area contributed by atoms with Crippen LogP contribution < -0.4 is 10.2 Å². The quantitative estimate of drug-likeness (QED) is 0.270. The number of benzene rings is 4. The number of nitrogens with zero attached hydrogens (tertiary/aromatic N) is 2. The Morgan fingerprint density at radius 2 is 1.45 bits per heavy atom. The normalized spacial score (nSPS) is 15.2. The molecule has 2 aliphatic rings. The van der Waals surface area contributed by atoms with Crippen LogP contribution in [0.3, 0.4) is 0 Å². The number of hydrogen-bond donors (Lipinski definition) is 1. The maximum Gasteiger partial charge on any atom is 0.416 e. The Kier molecular flexibility index (Phi) is 7.95. The molecule has 0 radical (unpaired) electrons. The van der Waals surface area contributed by atoms with E-state index >= 15 is 0 Å². The Hall–Kier alpha value is -4.92. The third kappa shape index (κ3) is 5.82. The summed E-state index contributed by atoms with van der Waals surface area (Å²) in [7, 11) is 0. The van der Waals surface area contributed by atoms with E-state index in [1.165, 1.54) is 12.1 Å². The van der Waals surface area contributed by atoms with Crippen molar-refractivity contribution in [3.8, 4) is 11.1 Å². The molecule has 3 amide bonds. The van der Waals surface area contributed by atoms with Gasteiger partial charge in [0.2, 0.25) is 5.91 Å². The molecule has 44 heavy (non-hydrogen) atoms. The molecular formula is C35H30F3N3O3. The van der Waals surface area contributed by atoms with Gasteiger partial charge < -0.3 is 15.1 Å². The Bertz CT molecular complexity index is 1700. The van der Waals surface area contributed by atoms with E-state index in [2.05, 4.69) is 5.32 Å². The first-order valence-corrected chi connectivity index (χ1v) is 14.6. The fourth-order valence-corrected chi connectivity index (χ4v) is 5.93. The summed E-state index contributed by atoms with van der Waals surface area (Å²) in [5, 5.41) is 2.94. The van der Waals surface area contributed by atoms with Gasteiger partial charge in [0.15, 0.2) is 0 Å². The van der Waals surface area contributed by atoms with Crippen LogP contribution in [0.5, 0.6) is 0 Å². The molecule has 0 aliphatic carbocycles. The van der Waals surface area contributed by atoms with E-state index < -0.39 is 17.8 Å². The van der Waals surface area contributed by atoms with Crippen LogP contribution in [0.2, 0.25) is 0 Å². The highest BCUT2D eigenvalue weighted by molar-refractivity contribution is 6.11. The van der Waals surface area contributed by atoms with Gasteiger partial charge in [0.05, 0.1) is 5.56 Å². The highest BCUT2D eigenvalue weighted by Gasteiger charge is 2.32. The van der Waals surface area contributed by atoms with Crippen LogP contribution in [0.1, 0.15) is 56.3 Å². The topological polar surface area (TPSA) is 69.7 Å². The van der Waals surface area contributed by atoms with Gasteiger partial charge in [0.25, 0.3) is 11.8 Å². The molecule has 1 fully saturated rings. The smallest absolute Gasteiger partial charge is 0.341 e. The van der Waals surface area contributed by atoms with Gasteiger partial charge >= 0.3 is 6.18 Å². The summed E-state index contributed by atoms with van der Waals surface area (Å²) in [6, 6.07) is 25.1. The summed E-state index contributed by atoms with van der Waals surface area (Å²) in [5.41, 5.74) is 3.24. The van der Waals surface area contributed by atoms with Crippen molar-refractivity contribution in [1.29, 1.82) is 0 Å². The molecule has 6 nitrogen and oxygen atoms in total. The van der Waals surface area contributed by atoms with Crippen LogP contribution in [-0.4, -0.2) is 42.3 Å². The lowest BCUT2D eigenvalue weighted by molar-refractivity contribution is -0.137. The number of hydrogen-bond acceptors (Lipinski definition) is 3. The van der Waals surface area contributed by atoms with E-state index in [1.807, 2.05) is 30.3 Å². The van der Waals surface area contributed by atoms with Gasteiger partial charge in [-0.15, -0.1) is 0 Å². The second-order valence-electron chi connectivity index (χ2n) is 11.0. The van der Waals surface area contributed by atoms with Crippen molar-refractivity contribution in [3.63, 3.8) is 0 Å². The van der Waals surface area contributed by atoms with Crippen LogP contribution in [0.4, 0.5) is 18.9 Å². The molecule has 9 heteroatoms. The number of likely N-dealkylation sites (tertiary alicyclic amines) is 1. The third-order valence-electron chi connectivity index (χ3n) is 8.24. The molecule has 0 saturated carbocycles. The lowest BCUT2D eigenvalue weighted by Gasteiger charge is -2.24. The summed E-state index contributed by atoms with van der Waals surface area (Å²) in [5.74, 6) is -0.796. The third-order valence-corrected chi connectivity index (χ3v) is 8.24. The van der Waals surface area contributed by atoms with Crippen LogP contribution >= 0.6 is 0 Å². The lowest BCUT2D eigenvalue weighted by Crippen LogP contribution is -2.41. The van der Waals surface area contributed by atoms with Crippen LogP contribution in [0.15, 0.2) is 97.1 Å². The number of nitrogens with one attached hydrogen (secondary N) is 1. The summed E-state index contributed by atoms with van der Waals surface area (Å²) < 4.78 is 39.3. The maximum absolute atomic E-state index is 13.8. The molecule has 4 aromatic rings. The second-order valence-corrected chi connectivity index (χ2v) is 11.0. The van der Waals surface area contributed by atoms with Crippen molar-refractivity contribution in [1.82, 2.24) is 10.2 Å². The van der Waals surface area contributed by atoms with E-state index in [0.717, 1.165) is 30.5 Å². The van der Waals surface area contributed by atoms with Gasteiger partial charge in [0.1, 0.15) is 6.04 Å². The minimum Gasteiger partial charge on any atom is -0.341 e. The zero-order valence-corrected chi connectivity index (χ0v) is 23.8. The number of alkyl halides is 3. The monoisotopic (exact) mass is 597 g/mol. The first-order chi connectivity index (χ1) is 21.2. The lowest BCUT2D eigenvalue weighted by atomic mass is 9.97. The first kappa shape index (κ1) is 29.2. The molecule has 0 spiro atoms. The van der Waals surface area contributed by atoms with Crippen LogP contribution in [0.25, 0.3) is 11.1 Å².